The van der Waals surface area contributed by atoms with Crippen LogP contribution in [0.2, 0.25) is 0 Å². The third kappa shape index (κ3) is 2.17. The Kier molecular flexibility index (Phi) is 3.32. The Morgan fingerprint density at radius 1 is 0.750 bits per heavy atom. The smallest absolute Gasteiger partial charge is 0.269 e. The van der Waals surface area contributed by atoms with Crippen molar-refractivity contribution in [3.8, 4) is 11.5 Å². The molecule has 0 aliphatic carbocycles. The highest BCUT2D eigenvalue weighted by Crippen LogP contribution is 2.48. The monoisotopic (exact) mass is 337 g/mol. The SMILES string of the molecule is Cc1ccccc1S(=O)(=O)N1c2ccccc2Oc2ccccc21. The molecular weight excluding hydrogens is 322 g/mol. The molecule has 0 aromatic heterocycles. The first-order chi connectivity index (χ1) is 11.6. The van der Waals surface area contributed by atoms with Crippen molar-refractivity contribution in [2.45, 2.75) is 11.8 Å². The molecule has 5 heteroatoms. The molecule has 0 fully saturated rings. The summed E-state index contributed by atoms with van der Waals surface area (Å²) in [5.41, 5.74) is 1.73. The molecule has 0 N–H and O–H groups in total. The predicted molar refractivity (Wildman–Crippen MR) is 93.5 cm³/mol. The van der Waals surface area contributed by atoms with E-state index in [-0.39, 0.29) is 4.90 Å². The quantitative estimate of drug-likeness (QED) is 0.685. The molecule has 0 atom stereocenters. The Balaban J connectivity index is 2.00. The number of anilines is 2. The van der Waals surface area contributed by atoms with Crippen molar-refractivity contribution in [3.63, 3.8) is 0 Å². The molecule has 1 aliphatic rings. The Labute approximate surface area is 141 Å². The van der Waals surface area contributed by atoms with Crippen molar-refractivity contribution in [1.82, 2.24) is 0 Å². The molecule has 1 aliphatic heterocycles. The molecule has 0 saturated heterocycles. The van der Waals surface area contributed by atoms with Gasteiger partial charge in [0, 0.05) is 0 Å². The highest BCUT2D eigenvalue weighted by atomic mass is 32.2. The van der Waals surface area contributed by atoms with Gasteiger partial charge < -0.3 is 4.74 Å². The first-order valence-electron chi connectivity index (χ1n) is 7.56. The van der Waals surface area contributed by atoms with Gasteiger partial charge in [-0.3, -0.25) is 0 Å². The number of aryl methyl sites for hydroxylation is 1. The highest BCUT2D eigenvalue weighted by Gasteiger charge is 2.34. The fourth-order valence-electron chi connectivity index (χ4n) is 2.87. The number of ether oxygens (including phenoxy) is 1. The van der Waals surface area contributed by atoms with Crippen LogP contribution in [0, 0.1) is 6.92 Å². The van der Waals surface area contributed by atoms with E-state index in [4.69, 9.17) is 4.74 Å². The van der Waals surface area contributed by atoms with Crippen LogP contribution in [0.4, 0.5) is 11.4 Å². The lowest BCUT2D eigenvalue weighted by Crippen LogP contribution is -2.29. The van der Waals surface area contributed by atoms with Crippen LogP contribution in [0.15, 0.2) is 77.7 Å². The summed E-state index contributed by atoms with van der Waals surface area (Å²) < 4.78 is 34.0. The van der Waals surface area contributed by atoms with Gasteiger partial charge in [0.2, 0.25) is 0 Å². The molecule has 1 heterocycles. The van der Waals surface area contributed by atoms with E-state index in [0.29, 0.717) is 28.4 Å². The van der Waals surface area contributed by atoms with Crippen LogP contribution in [0.3, 0.4) is 0 Å². The lowest BCUT2D eigenvalue weighted by molar-refractivity contribution is 0.476. The summed E-state index contributed by atoms with van der Waals surface area (Å²) in [5, 5.41) is 0. The summed E-state index contributed by atoms with van der Waals surface area (Å²) in [5.74, 6) is 1.04. The summed E-state index contributed by atoms with van der Waals surface area (Å²) in [6.45, 7) is 1.80. The van der Waals surface area contributed by atoms with Crippen LogP contribution in [-0.2, 0) is 10.0 Å². The second-order valence-corrected chi connectivity index (χ2v) is 7.33. The molecule has 4 rings (SSSR count). The number of hydrogen-bond donors (Lipinski definition) is 0. The average Bonchev–Trinajstić information content (AvgIpc) is 2.59. The topological polar surface area (TPSA) is 46.6 Å². The molecule has 0 saturated carbocycles. The standard InChI is InChI=1S/C19H15NO3S/c1-14-8-2-7-13-19(14)24(21,22)20-15-9-3-5-11-17(15)23-18-12-6-4-10-16(18)20/h2-13H,1H3. The summed E-state index contributed by atoms with van der Waals surface area (Å²) in [4.78, 5) is 0.288. The van der Waals surface area contributed by atoms with Gasteiger partial charge in [-0.25, -0.2) is 12.7 Å². The number of rotatable bonds is 2. The molecule has 0 unspecified atom stereocenters. The second-order valence-electron chi connectivity index (χ2n) is 5.57. The second kappa shape index (κ2) is 5.39. The highest BCUT2D eigenvalue weighted by molar-refractivity contribution is 7.93. The van der Waals surface area contributed by atoms with E-state index in [1.54, 1.807) is 61.5 Å². The molecule has 0 radical (unpaired) electrons. The van der Waals surface area contributed by atoms with Crippen molar-refractivity contribution >= 4 is 21.4 Å². The van der Waals surface area contributed by atoms with E-state index in [2.05, 4.69) is 0 Å². The van der Waals surface area contributed by atoms with Gasteiger partial charge in [0.15, 0.2) is 11.5 Å². The predicted octanol–water partition coefficient (Wildman–Crippen LogP) is 4.63. The lowest BCUT2D eigenvalue weighted by atomic mass is 10.2. The Bertz CT molecular complexity index is 983. The minimum absolute atomic E-state index is 0.288. The first kappa shape index (κ1) is 14.8. The maximum Gasteiger partial charge on any atom is 0.269 e. The summed E-state index contributed by atoms with van der Waals surface area (Å²) in [6.07, 6.45) is 0. The van der Waals surface area contributed by atoms with Gasteiger partial charge in [0.05, 0.1) is 4.90 Å². The van der Waals surface area contributed by atoms with Gasteiger partial charge in [-0.05, 0) is 42.8 Å². The molecule has 24 heavy (non-hydrogen) atoms. The third-order valence-electron chi connectivity index (χ3n) is 4.00. The number of hydrogen-bond acceptors (Lipinski definition) is 3. The molecular formula is C19H15NO3S. The van der Waals surface area contributed by atoms with Gasteiger partial charge in [-0.1, -0.05) is 42.5 Å². The molecule has 0 amide bonds. The lowest BCUT2D eigenvalue weighted by Gasteiger charge is -2.32. The van der Waals surface area contributed by atoms with Crippen LogP contribution in [0.1, 0.15) is 5.56 Å². The number of benzene rings is 3. The first-order valence-corrected chi connectivity index (χ1v) is 9.00. The Hall–Kier alpha value is -2.79. The van der Waals surface area contributed by atoms with Gasteiger partial charge >= 0.3 is 0 Å². The zero-order valence-electron chi connectivity index (χ0n) is 13.0. The summed E-state index contributed by atoms with van der Waals surface area (Å²) >= 11 is 0. The van der Waals surface area contributed by atoms with E-state index in [0.717, 1.165) is 0 Å². The van der Waals surface area contributed by atoms with Gasteiger partial charge in [-0.15, -0.1) is 0 Å². The summed E-state index contributed by atoms with van der Waals surface area (Å²) in [6, 6.07) is 21.3. The van der Waals surface area contributed by atoms with E-state index < -0.39 is 10.0 Å². The fourth-order valence-corrected chi connectivity index (χ4v) is 4.62. The number of nitrogens with zero attached hydrogens (tertiary/aromatic N) is 1. The molecule has 3 aromatic carbocycles. The van der Waals surface area contributed by atoms with E-state index in [1.165, 1.54) is 4.31 Å². The normalized spacial score (nSPS) is 13.0. The van der Waals surface area contributed by atoms with Gasteiger partial charge in [0.1, 0.15) is 11.4 Å². The largest absolute Gasteiger partial charge is 0.453 e. The van der Waals surface area contributed by atoms with Crippen molar-refractivity contribution < 1.29 is 13.2 Å². The van der Waals surface area contributed by atoms with E-state index >= 15 is 0 Å². The number of para-hydroxylation sites is 4. The van der Waals surface area contributed by atoms with Crippen LogP contribution in [0.5, 0.6) is 11.5 Å². The van der Waals surface area contributed by atoms with Crippen molar-refractivity contribution in [3.05, 3.63) is 78.4 Å². The van der Waals surface area contributed by atoms with Crippen LogP contribution < -0.4 is 9.04 Å². The molecule has 0 spiro atoms. The van der Waals surface area contributed by atoms with Crippen molar-refractivity contribution in [1.29, 1.82) is 0 Å². The minimum Gasteiger partial charge on any atom is -0.453 e. The van der Waals surface area contributed by atoms with Crippen molar-refractivity contribution in [2.75, 3.05) is 4.31 Å². The third-order valence-corrected chi connectivity index (χ3v) is 5.89. The van der Waals surface area contributed by atoms with Gasteiger partial charge in [0.25, 0.3) is 10.0 Å². The molecule has 4 nitrogen and oxygen atoms in total. The maximum atomic E-state index is 13.4. The zero-order chi connectivity index (χ0) is 16.7. The Morgan fingerprint density at radius 2 is 1.25 bits per heavy atom. The minimum atomic E-state index is -3.77. The average molecular weight is 337 g/mol. The van der Waals surface area contributed by atoms with Crippen LogP contribution in [-0.4, -0.2) is 8.42 Å². The van der Waals surface area contributed by atoms with E-state index in [1.807, 2.05) is 18.2 Å². The zero-order valence-corrected chi connectivity index (χ0v) is 13.8. The van der Waals surface area contributed by atoms with Crippen LogP contribution in [0.25, 0.3) is 0 Å². The fraction of sp³-hybridized carbons (Fsp3) is 0.0526. The number of sulfonamides is 1. The maximum absolute atomic E-state index is 13.4. The molecule has 0 bridgehead atoms. The Morgan fingerprint density at radius 3 is 1.83 bits per heavy atom. The molecule has 120 valence electrons. The van der Waals surface area contributed by atoms with Gasteiger partial charge in [-0.2, -0.15) is 0 Å². The molecule has 3 aromatic rings. The summed E-state index contributed by atoms with van der Waals surface area (Å²) in [7, 11) is -3.77. The van der Waals surface area contributed by atoms with E-state index in [9.17, 15) is 8.42 Å². The van der Waals surface area contributed by atoms with Crippen molar-refractivity contribution in [2.24, 2.45) is 0 Å². The van der Waals surface area contributed by atoms with Crippen LogP contribution >= 0.6 is 0 Å². The number of fused-ring (bicyclic) bond motifs is 2.